The highest BCUT2D eigenvalue weighted by Gasteiger charge is 2.39. The Morgan fingerprint density at radius 3 is 2.62 bits per heavy atom. The first-order valence-electron chi connectivity index (χ1n) is 8.83. The molecule has 24 heavy (non-hydrogen) atoms. The van der Waals surface area contributed by atoms with Gasteiger partial charge in [0.15, 0.2) is 0 Å². The van der Waals surface area contributed by atoms with E-state index in [0.29, 0.717) is 26.1 Å². The number of nitrogens with zero attached hydrogens (tertiary/aromatic N) is 5. The topological polar surface area (TPSA) is 61.7 Å². The van der Waals surface area contributed by atoms with Crippen LogP contribution in [0.4, 0.5) is 0 Å². The summed E-state index contributed by atoms with van der Waals surface area (Å²) in [5, 5.41) is 0. The SMILES string of the molecule is CCN1C[C@H](C(=O)N2CCN(CC)[C@@H](c3nccn3C)C2)CC1=O. The van der Waals surface area contributed by atoms with Crippen LogP contribution < -0.4 is 0 Å². The molecule has 1 aromatic rings. The molecule has 0 radical (unpaired) electrons. The van der Waals surface area contributed by atoms with Gasteiger partial charge in [-0.15, -0.1) is 0 Å². The van der Waals surface area contributed by atoms with Crippen LogP contribution >= 0.6 is 0 Å². The first-order valence-corrected chi connectivity index (χ1v) is 8.83. The smallest absolute Gasteiger partial charge is 0.228 e. The lowest BCUT2D eigenvalue weighted by molar-refractivity contribution is -0.139. The third kappa shape index (κ3) is 3.05. The summed E-state index contributed by atoms with van der Waals surface area (Å²) in [6, 6.07) is 0.118. The molecule has 2 aliphatic rings. The maximum atomic E-state index is 12.9. The standard InChI is InChI=1S/C17H27N5O2/c1-4-20-8-9-22(12-14(20)16-18-6-7-19(16)3)17(24)13-10-15(23)21(5-2)11-13/h6-7,13-14H,4-5,8-12H2,1-3H3/t13-,14-/m1/s1. The maximum Gasteiger partial charge on any atom is 0.228 e. The van der Waals surface area contributed by atoms with E-state index < -0.39 is 0 Å². The quantitative estimate of drug-likeness (QED) is 0.805. The van der Waals surface area contributed by atoms with Gasteiger partial charge in [0, 0.05) is 58.6 Å². The van der Waals surface area contributed by atoms with Gasteiger partial charge in [-0.25, -0.2) is 4.98 Å². The Morgan fingerprint density at radius 1 is 1.25 bits per heavy atom. The number of likely N-dealkylation sites (N-methyl/N-ethyl adjacent to an activating group) is 1. The van der Waals surface area contributed by atoms with Crippen molar-refractivity contribution in [3.05, 3.63) is 18.2 Å². The normalized spacial score (nSPS) is 25.5. The van der Waals surface area contributed by atoms with Gasteiger partial charge >= 0.3 is 0 Å². The van der Waals surface area contributed by atoms with Crippen molar-refractivity contribution < 1.29 is 9.59 Å². The molecule has 3 rings (SSSR count). The maximum absolute atomic E-state index is 12.9. The number of hydrogen-bond donors (Lipinski definition) is 0. The van der Waals surface area contributed by atoms with E-state index in [9.17, 15) is 9.59 Å². The van der Waals surface area contributed by atoms with Crippen molar-refractivity contribution >= 4 is 11.8 Å². The van der Waals surface area contributed by atoms with Gasteiger partial charge in [0.25, 0.3) is 0 Å². The highest BCUT2D eigenvalue weighted by atomic mass is 16.2. The zero-order chi connectivity index (χ0) is 17.3. The summed E-state index contributed by atoms with van der Waals surface area (Å²) in [5.74, 6) is 1.03. The molecule has 1 aromatic heterocycles. The molecule has 0 unspecified atom stereocenters. The second-order valence-corrected chi connectivity index (χ2v) is 6.66. The molecule has 3 heterocycles. The van der Waals surface area contributed by atoms with Gasteiger partial charge in [0.05, 0.1) is 12.0 Å². The van der Waals surface area contributed by atoms with Crippen LogP contribution in [0.5, 0.6) is 0 Å². The lowest BCUT2D eigenvalue weighted by Crippen LogP contribution is -2.52. The van der Waals surface area contributed by atoms with E-state index >= 15 is 0 Å². The molecule has 0 aliphatic carbocycles. The first kappa shape index (κ1) is 17.0. The Hall–Kier alpha value is -1.89. The van der Waals surface area contributed by atoms with Crippen molar-refractivity contribution in [2.75, 3.05) is 39.3 Å². The molecule has 7 heteroatoms. The van der Waals surface area contributed by atoms with E-state index in [-0.39, 0.29) is 23.8 Å². The summed E-state index contributed by atoms with van der Waals surface area (Å²) in [6.07, 6.45) is 4.10. The number of rotatable bonds is 4. The average Bonchev–Trinajstić information content (AvgIpc) is 3.19. The van der Waals surface area contributed by atoms with Gasteiger partial charge in [-0.2, -0.15) is 0 Å². The van der Waals surface area contributed by atoms with Gasteiger partial charge in [-0.3, -0.25) is 14.5 Å². The molecular formula is C17H27N5O2. The van der Waals surface area contributed by atoms with Gasteiger partial charge in [0.1, 0.15) is 5.82 Å². The summed E-state index contributed by atoms with van der Waals surface area (Å²) in [4.78, 5) is 35.4. The number of piperazine rings is 1. The van der Waals surface area contributed by atoms with Gasteiger partial charge in [0.2, 0.25) is 11.8 Å². The highest BCUT2D eigenvalue weighted by Crippen LogP contribution is 2.27. The van der Waals surface area contributed by atoms with E-state index in [4.69, 9.17) is 0 Å². The number of carbonyl (C=O) groups excluding carboxylic acids is 2. The van der Waals surface area contributed by atoms with Crippen molar-refractivity contribution in [1.82, 2.24) is 24.3 Å². The number of amides is 2. The zero-order valence-electron chi connectivity index (χ0n) is 14.8. The molecule has 0 aromatic carbocycles. The molecule has 2 fully saturated rings. The predicted molar refractivity (Wildman–Crippen MR) is 90.1 cm³/mol. The molecule has 2 amide bonds. The molecule has 132 valence electrons. The number of imidazole rings is 1. The minimum absolute atomic E-state index is 0.101. The number of aromatic nitrogens is 2. The summed E-state index contributed by atoms with van der Waals surface area (Å²) >= 11 is 0. The summed E-state index contributed by atoms with van der Waals surface area (Å²) in [5.41, 5.74) is 0. The molecule has 0 saturated carbocycles. The van der Waals surface area contributed by atoms with E-state index in [1.54, 1.807) is 11.1 Å². The van der Waals surface area contributed by atoms with Gasteiger partial charge in [-0.1, -0.05) is 6.92 Å². The monoisotopic (exact) mass is 333 g/mol. The van der Waals surface area contributed by atoms with Crippen LogP contribution in [0.3, 0.4) is 0 Å². The second kappa shape index (κ2) is 6.93. The van der Waals surface area contributed by atoms with E-state index in [0.717, 1.165) is 25.5 Å². The van der Waals surface area contributed by atoms with Crippen molar-refractivity contribution in [3.8, 4) is 0 Å². The largest absolute Gasteiger partial charge is 0.342 e. The van der Waals surface area contributed by atoms with Crippen molar-refractivity contribution in [2.45, 2.75) is 26.3 Å². The lowest BCUT2D eigenvalue weighted by Gasteiger charge is -2.41. The van der Waals surface area contributed by atoms with Crippen LogP contribution in [0.2, 0.25) is 0 Å². The molecule has 7 nitrogen and oxygen atoms in total. The predicted octanol–water partition coefficient (Wildman–Crippen LogP) is 0.494. The summed E-state index contributed by atoms with van der Waals surface area (Å²) < 4.78 is 2.03. The van der Waals surface area contributed by atoms with Gasteiger partial charge < -0.3 is 14.4 Å². The fraction of sp³-hybridized carbons (Fsp3) is 0.706. The number of likely N-dealkylation sites (tertiary alicyclic amines) is 1. The number of hydrogen-bond acceptors (Lipinski definition) is 4. The minimum atomic E-state index is -0.187. The molecular weight excluding hydrogens is 306 g/mol. The van der Waals surface area contributed by atoms with Crippen LogP contribution in [0, 0.1) is 5.92 Å². The molecule has 2 aliphatic heterocycles. The van der Waals surface area contributed by atoms with E-state index in [2.05, 4.69) is 16.8 Å². The van der Waals surface area contributed by atoms with Crippen LogP contribution in [0.25, 0.3) is 0 Å². The molecule has 0 spiro atoms. The Labute approximate surface area is 143 Å². The average molecular weight is 333 g/mol. The minimum Gasteiger partial charge on any atom is -0.342 e. The highest BCUT2D eigenvalue weighted by molar-refractivity contribution is 5.89. The third-order valence-electron chi connectivity index (χ3n) is 5.31. The molecule has 0 bridgehead atoms. The van der Waals surface area contributed by atoms with Crippen molar-refractivity contribution in [2.24, 2.45) is 13.0 Å². The van der Waals surface area contributed by atoms with Crippen LogP contribution in [-0.2, 0) is 16.6 Å². The molecule has 2 saturated heterocycles. The Bertz CT molecular complexity index is 614. The summed E-state index contributed by atoms with van der Waals surface area (Å²) in [6.45, 7) is 8.50. The second-order valence-electron chi connectivity index (χ2n) is 6.66. The van der Waals surface area contributed by atoms with E-state index in [1.807, 2.05) is 29.6 Å². The number of carbonyl (C=O) groups is 2. The summed E-state index contributed by atoms with van der Waals surface area (Å²) in [7, 11) is 1.99. The first-order chi connectivity index (χ1) is 11.5. The third-order valence-corrected chi connectivity index (χ3v) is 5.31. The molecule has 2 atom stereocenters. The van der Waals surface area contributed by atoms with E-state index in [1.165, 1.54) is 0 Å². The lowest BCUT2D eigenvalue weighted by atomic mass is 10.0. The zero-order valence-corrected chi connectivity index (χ0v) is 14.8. The molecule has 0 N–H and O–H groups in total. The Morgan fingerprint density at radius 2 is 2.04 bits per heavy atom. The van der Waals surface area contributed by atoms with Gasteiger partial charge in [-0.05, 0) is 13.5 Å². The van der Waals surface area contributed by atoms with Crippen LogP contribution in [0.1, 0.15) is 32.1 Å². The number of aryl methyl sites for hydroxylation is 1. The Balaban J connectivity index is 1.72. The van der Waals surface area contributed by atoms with Crippen LogP contribution in [-0.4, -0.2) is 75.3 Å². The fourth-order valence-electron chi connectivity index (χ4n) is 3.84. The Kier molecular flexibility index (Phi) is 4.89. The fourth-order valence-corrected chi connectivity index (χ4v) is 3.84. The van der Waals surface area contributed by atoms with Crippen molar-refractivity contribution in [1.29, 1.82) is 0 Å². The van der Waals surface area contributed by atoms with Crippen molar-refractivity contribution in [3.63, 3.8) is 0 Å². The van der Waals surface area contributed by atoms with Crippen LogP contribution in [0.15, 0.2) is 12.4 Å².